The number of benzene rings is 2. The molecule has 0 aromatic heterocycles. The highest BCUT2D eigenvalue weighted by molar-refractivity contribution is 5.42. The third-order valence-corrected chi connectivity index (χ3v) is 3.84. The maximum absolute atomic E-state index is 10.3. The van der Waals surface area contributed by atoms with Crippen molar-refractivity contribution >= 4 is 0 Å². The molecule has 0 fully saturated rings. The fourth-order valence-corrected chi connectivity index (χ4v) is 2.34. The molecule has 0 heterocycles. The van der Waals surface area contributed by atoms with E-state index in [4.69, 9.17) is 10.5 Å². The van der Waals surface area contributed by atoms with E-state index in [2.05, 4.69) is 0 Å². The van der Waals surface area contributed by atoms with Crippen LogP contribution in [0.15, 0.2) is 48.5 Å². The Kier molecular flexibility index (Phi) is 5.29. The maximum Gasteiger partial charge on any atom is 0.124 e. The van der Waals surface area contributed by atoms with Crippen molar-refractivity contribution in [3.05, 3.63) is 59.7 Å². The molecule has 2 aromatic rings. The van der Waals surface area contributed by atoms with Gasteiger partial charge >= 0.3 is 0 Å². The van der Waals surface area contributed by atoms with Gasteiger partial charge in [-0.2, -0.15) is 0 Å². The monoisotopic (exact) mass is 315 g/mol. The lowest BCUT2D eigenvalue weighted by Crippen LogP contribution is -2.36. The number of hydrogen-bond donors (Lipinski definition) is 3. The molecule has 124 valence electrons. The minimum Gasteiger partial charge on any atom is -0.507 e. The third-order valence-electron chi connectivity index (χ3n) is 3.84. The number of aliphatic hydroxyl groups is 1. The summed E-state index contributed by atoms with van der Waals surface area (Å²) in [7, 11) is 0. The lowest BCUT2D eigenvalue weighted by atomic mass is 9.82. The predicted molar refractivity (Wildman–Crippen MR) is 91.3 cm³/mol. The molecule has 0 aliphatic heterocycles. The Morgan fingerprint density at radius 2 is 1.74 bits per heavy atom. The lowest BCUT2D eigenvalue weighted by Gasteiger charge is -2.31. The van der Waals surface area contributed by atoms with Gasteiger partial charge in [0.25, 0.3) is 0 Å². The van der Waals surface area contributed by atoms with E-state index in [1.54, 1.807) is 12.1 Å². The normalized spacial score (nSPS) is 14.3. The number of hydrogen-bond acceptors (Lipinski definition) is 4. The first-order valence-electron chi connectivity index (χ1n) is 7.72. The average Bonchev–Trinajstić information content (AvgIpc) is 2.52. The Morgan fingerprint density at radius 1 is 1.09 bits per heavy atom. The highest BCUT2D eigenvalue weighted by Crippen LogP contribution is 2.34. The summed E-state index contributed by atoms with van der Waals surface area (Å²) in [6.07, 6.45) is -0.760. The van der Waals surface area contributed by atoms with Crippen molar-refractivity contribution in [2.24, 2.45) is 11.1 Å². The first kappa shape index (κ1) is 17.3. The summed E-state index contributed by atoms with van der Waals surface area (Å²) >= 11 is 0. The number of phenolic OH excluding ortho intramolecular Hbond substituents is 1. The van der Waals surface area contributed by atoms with Crippen LogP contribution in [-0.2, 0) is 6.61 Å². The van der Waals surface area contributed by atoms with E-state index in [0.29, 0.717) is 17.9 Å². The van der Waals surface area contributed by atoms with Crippen LogP contribution < -0.4 is 10.5 Å². The van der Waals surface area contributed by atoms with Gasteiger partial charge in [-0.25, -0.2) is 0 Å². The smallest absolute Gasteiger partial charge is 0.124 e. The minimum atomic E-state index is -0.760. The fourth-order valence-electron chi connectivity index (χ4n) is 2.34. The standard InChI is InChI=1S/C19H25NO3/c1-19(2,3)18(22)17(20)15-10-9-14(11-16(15)21)23-12-13-7-5-4-6-8-13/h4-11,17-18,21-22H,12,20H2,1-3H3/t17-,18-/m0/s1. The van der Waals surface area contributed by atoms with Crippen molar-refractivity contribution in [3.63, 3.8) is 0 Å². The van der Waals surface area contributed by atoms with Crippen LogP contribution in [0.25, 0.3) is 0 Å². The second-order valence-electron chi connectivity index (χ2n) is 6.83. The Morgan fingerprint density at radius 3 is 2.30 bits per heavy atom. The number of rotatable bonds is 5. The highest BCUT2D eigenvalue weighted by atomic mass is 16.5. The zero-order valence-corrected chi connectivity index (χ0v) is 13.9. The Balaban J connectivity index is 2.08. The van der Waals surface area contributed by atoms with Gasteiger partial charge in [0.1, 0.15) is 18.1 Å². The minimum absolute atomic E-state index is 0.0337. The van der Waals surface area contributed by atoms with Crippen LogP contribution in [0.4, 0.5) is 0 Å². The van der Waals surface area contributed by atoms with Crippen molar-refractivity contribution in [1.82, 2.24) is 0 Å². The molecule has 2 atom stereocenters. The average molecular weight is 315 g/mol. The molecule has 4 nitrogen and oxygen atoms in total. The van der Waals surface area contributed by atoms with Gasteiger partial charge in [0.15, 0.2) is 0 Å². The second kappa shape index (κ2) is 7.02. The van der Waals surface area contributed by atoms with Crippen molar-refractivity contribution in [2.45, 2.75) is 39.5 Å². The molecule has 23 heavy (non-hydrogen) atoms. The SMILES string of the molecule is CC(C)(C)[C@@H](O)[C@@H](N)c1ccc(OCc2ccccc2)cc1O. The summed E-state index contributed by atoms with van der Waals surface area (Å²) in [5.41, 5.74) is 7.29. The van der Waals surface area contributed by atoms with Crippen LogP contribution in [0.5, 0.6) is 11.5 Å². The zero-order valence-electron chi connectivity index (χ0n) is 13.9. The molecule has 0 saturated carbocycles. The Bertz CT molecular complexity index is 635. The summed E-state index contributed by atoms with van der Waals surface area (Å²) in [5, 5.41) is 20.5. The van der Waals surface area contributed by atoms with E-state index >= 15 is 0 Å². The molecule has 2 aromatic carbocycles. The highest BCUT2D eigenvalue weighted by Gasteiger charge is 2.30. The maximum atomic E-state index is 10.3. The van der Waals surface area contributed by atoms with Gasteiger partial charge in [0, 0.05) is 11.6 Å². The number of aromatic hydroxyl groups is 1. The quantitative estimate of drug-likeness (QED) is 0.790. The van der Waals surface area contributed by atoms with E-state index < -0.39 is 12.1 Å². The van der Waals surface area contributed by atoms with Crippen LogP contribution in [0, 0.1) is 5.41 Å². The predicted octanol–water partition coefficient (Wildman–Crippen LogP) is 3.38. The van der Waals surface area contributed by atoms with Gasteiger partial charge in [-0.1, -0.05) is 51.1 Å². The summed E-state index contributed by atoms with van der Waals surface area (Å²) in [5.74, 6) is 0.596. The number of ether oxygens (including phenoxy) is 1. The van der Waals surface area contributed by atoms with E-state index in [1.165, 1.54) is 6.07 Å². The summed E-state index contributed by atoms with van der Waals surface area (Å²) in [4.78, 5) is 0. The van der Waals surface area contributed by atoms with Gasteiger partial charge in [-0.05, 0) is 23.1 Å². The first-order valence-corrected chi connectivity index (χ1v) is 7.72. The molecular formula is C19H25NO3. The van der Waals surface area contributed by atoms with Crippen molar-refractivity contribution < 1.29 is 14.9 Å². The molecule has 0 saturated heterocycles. The molecule has 0 aliphatic carbocycles. The molecule has 4 heteroatoms. The molecule has 2 rings (SSSR count). The fraction of sp³-hybridized carbons (Fsp3) is 0.368. The molecule has 0 bridgehead atoms. The number of phenols is 1. The van der Waals surface area contributed by atoms with Crippen molar-refractivity contribution in [2.75, 3.05) is 0 Å². The molecule has 0 aliphatic rings. The molecule has 0 unspecified atom stereocenters. The molecule has 0 radical (unpaired) electrons. The van der Waals surface area contributed by atoms with E-state index in [1.807, 2.05) is 51.1 Å². The summed E-state index contributed by atoms with van der Waals surface area (Å²) < 4.78 is 5.67. The molecule has 0 amide bonds. The van der Waals surface area contributed by atoms with Gasteiger partial charge in [-0.15, -0.1) is 0 Å². The lowest BCUT2D eigenvalue weighted by molar-refractivity contribution is 0.0394. The van der Waals surface area contributed by atoms with Gasteiger partial charge in [-0.3, -0.25) is 0 Å². The van der Waals surface area contributed by atoms with Crippen LogP contribution >= 0.6 is 0 Å². The van der Waals surface area contributed by atoms with Gasteiger partial charge < -0.3 is 20.7 Å². The van der Waals surface area contributed by atoms with E-state index in [9.17, 15) is 10.2 Å². The van der Waals surface area contributed by atoms with E-state index in [-0.39, 0.29) is 11.2 Å². The number of nitrogens with two attached hydrogens (primary N) is 1. The van der Waals surface area contributed by atoms with Gasteiger partial charge in [0.2, 0.25) is 0 Å². The van der Waals surface area contributed by atoms with Crippen LogP contribution in [0.2, 0.25) is 0 Å². The van der Waals surface area contributed by atoms with Crippen molar-refractivity contribution in [3.8, 4) is 11.5 Å². The Labute approximate surface area is 137 Å². The second-order valence-corrected chi connectivity index (χ2v) is 6.83. The van der Waals surface area contributed by atoms with Crippen molar-refractivity contribution in [1.29, 1.82) is 0 Å². The number of aliphatic hydroxyl groups excluding tert-OH is 1. The zero-order chi connectivity index (χ0) is 17.0. The molecule has 0 spiro atoms. The van der Waals surface area contributed by atoms with Crippen LogP contribution in [0.3, 0.4) is 0 Å². The first-order chi connectivity index (χ1) is 10.8. The van der Waals surface area contributed by atoms with Crippen LogP contribution in [0.1, 0.15) is 37.9 Å². The third kappa shape index (κ3) is 4.47. The van der Waals surface area contributed by atoms with Crippen LogP contribution in [-0.4, -0.2) is 16.3 Å². The Hall–Kier alpha value is -2.04. The molecular weight excluding hydrogens is 290 g/mol. The summed E-state index contributed by atoms with van der Waals surface area (Å²) in [6, 6.07) is 14.1. The van der Waals surface area contributed by atoms with Gasteiger partial charge in [0.05, 0.1) is 12.1 Å². The largest absolute Gasteiger partial charge is 0.507 e. The molecule has 4 N–H and O–H groups in total. The topological polar surface area (TPSA) is 75.7 Å². The summed E-state index contributed by atoms with van der Waals surface area (Å²) in [6.45, 7) is 6.15. The van der Waals surface area contributed by atoms with E-state index in [0.717, 1.165) is 5.56 Å².